The van der Waals surface area contributed by atoms with Crippen LogP contribution in [0, 0.1) is 25.7 Å². The van der Waals surface area contributed by atoms with Crippen molar-refractivity contribution in [2.45, 2.75) is 33.3 Å². The maximum absolute atomic E-state index is 9.71. The van der Waals surface area contributed by atoms with Crippen molar-refractivity contribution in [2.75, 3.05) is 0 Å². The van der Waals surface area contributed by atoms with Gasteiger partial charge in [-0.25, -0.2) is 4.98 Å². The van der Waals surface area contributed by atoms with E-state index in [1.165, 1.54) is 0 Å². The van der Waals surface area contributed by atoms with Crippen molar-refractivity contribution in [1.82, 2.24) is 4.98 Å². The van der Waals surface area contributed by atoms with E-state index in [-0.39, 0.29) is 0 Å². The predicted octanol–water partition coefficient (Wildman–Crippen LogP) is 2.21. The summed E-state index contributed by atoms with van der Waals surface area (Å²) in [4.78, 5) is 5.20. The molecule has 1 atom stereocenters. The summed E-state index contributed by atoms with van der Waals surface area (Å²) >= 11 is 1.54. The highest BCUT2D eigenvalue weighted by Gasteiger charge is 2.12. The van der Waals surface area contributed by atoms with E-state index < -0.39 is 6.10 Å². The average molecular weight is 195 g/mol. The third kappa shape index (κ3) is 2.55. The van der Waals surface area contributed by atoms with E-state index in [4.69, 9.17) is 0 Å². The fourth-order valence-corrected chi connectivity index (χ4v) is 2.06. The van der Waals surface area contributed by atoms with Gasteiger partial charge >= 0.3 is 0 Å². The van der Waals surface area contributed by atoms with E-state index in [1.54, 1.807) is 18.3 Å². The number of rotatable bonds is 2. The Morgan fingerprint density at radius 1 is 1.54 bits per heavy atom. The molecule has 70 valence electrons. The minimum Gasteiger partial charge on any atom is -0.387 e. The van der Waals surface area contributed by atoms with Crippen molar-refractivity contribution in [3.8, 4) is 11.8 Å². The maximum atomic E-state index is 9.71. The summed E-state index contributed by atoms with van der Waals surface area (Å²) < 4.78 is 0. The summed E-state index contributed by atoms with van der Waals surface area (Å²) in [6.07, 6.45) is 0.0255. The van der Waals surface area contributed by atoms with Gasteiger partial charge in [0.15, 0.2) is 0 Å². The van der Waals surface area contributed by atoms with Gasteiger partial charge in [0.1, 0.15) is 6.10 Å². The Labute approximate surface area is 82.6 Å². The molecule has 1 heterocycles. The Bertz CT molecular complexity index is 346. The van der Waals surface area contributed by atoms with E-state index in [2.05, 4.69) is 16.8 Å². The van der Waals surface area contributed by atoms with Gasteiger partial charge in [0.2, 0.25) is 0 Å². The molecule has 0 saturated heterocycles. The SMILES string of the molecule is CC#CCC(O)c1sc(C)nc1C. The number of aromatic nitrogens is 1. The Hall–Kier alpha value is -0.850. The number of thiazole rings is 1. The van der Waals surface area contributed by atoms with Crippen LogP contribution in [0.3, 0.4) is 0 Å². The predicted molar refractivity (Wildman–Crippen MR) is 54.6 cm³/mol. The maximum Gasteiger partial charge on any atom is 0.101 e. The summed E-state index contributed by atoms with van der Waals surface area (Å²) in [6, 6.07) is 0. The van der Waals surface area contributed by atoms with E-state index in [0.717, 1.165) is 15.6 Å². The van der Waals surface area contributed by atoms with E-state index in [1.807, 2.05) is 13.8 Å². The van der Waals surface area contributed by atoms with E-state index >= 15 is 0 Å². The molecule has 1 N–H and O–H groups in total. The molecule has 0 aliphatic carbocycles. The molecule has 0 aliphatic heterocycles. The molecule has 0 aromatic carbocycles. The molecule has 3 heteroatoms. The van der Waals surface area contributed by atoms with Gasteiger partial charge in [0.25, 0.3) is 0 Å². The molecule has 0 amide bonds. The standard InChI is InChI=1S/C10H13NOS/c1-4-5-6-9(12)10-7(2)11-8(3)13-10/h9,12H,6H2,1-3H3. The summed E-state index contributed by atoms with van der Waals surface area (Å²) in [5, 5.41) is 10.7. The van der Waals surface area contributed by atoms with Crippen LogP contribution in [0.1, 0.15) is 35.0 Å². The Balaban J connectivity index is 2.79. The highest BCUT2D eigenvalue weighted by Crippen LogP contribution is 2.26. The molecule has 1 aromatic heterocycles. The molecule has 1 unspecified atom stereocenters. The Kier molecular flexibility index (Phi) is 3.47. The van der Waals surface area contributed by atoms with Crippen LogP contribution in [0.2, 0.25) is 0 Å². The lowest BCUT2D eigenvalue weighted by molar-refractivity contribution is 0.187. The zero-order chi connectivity index (χ0) is 9.84. The van der Waals surface area contributed by atoms with Crippen molar-refractivity contribution in [3.05, 3.63) is 15.6 Å². The second-order valence-corrected chi connectivity index (χ2v) is 4.06. The number of hydrogen-bond donors (Lipinski definition) is 1. The molecule has 0 bridgehead atoms. The van der Waals surface area contributed by atoms with Gasteiger partial charge in [0, 0.05) is 6.42 Å². The van der Waals surface area contributed by atoms with Gasteiger partial charge in [-0.1, -0.05) is 0 Å². The highest BCUT2D eigenvalue weighted by atomic mass is 32.1. The lowest BCUT2D eigenvalue weighted by atomic mass is 10.2. The van der Waals surface area contributed by atoms with Gasteiger partial charge in [-0.2, -0.15) is 0 Å². The van der Waals surface area contributed by atoms with Crippen LogP contribution in [0.15, 0.2) is 0 Å². The van der Waals surface area contributed by atoms with Gasteiger partial charge < -0.3 is 5.11 Å². The third-order valence-electron chi connectivity index (χ3n) is 1.71. The molecule has 1 aromatic rings. The average Bonchev–Trinajstić information content (AvgIpc) is 2.41. The second-order valence-electron chi connectivity index (χ2n) is 2.83. The smallest absolute Gasteiger partial charge is 0.101 e. The van der Waals surface area contributed by atoms with Crippen molar-refractivity contribution in [2.24, 2.45) is 0 Å². The van der Waals surface area contributed by atoms with Crippen LogP contribution in [0.5, 0.6) is 0 Å². The first-order chi connectivity index (χ1) is 6.15. The number of aliphatic hydroxyl groups excluding tert-OH is 1. The minimum atomic E-state index is -0.473. The molecule has 2 nitrogen and oxygen atoms in total. The zero-order valence-corrected chi connectivity index (χ0v) is 8.90. The summed E-state index contributed by atoms with van der Waals surface area (Å²) in [5.41, 5.74) is 0.924. The van der Waals surface area contributed by atoms with E-state index in [0.29, 0.717) is 6.42 Å². The largest absolute Gasteiger partial charge is 0.387 e. The minimum absolute atomic E-state index is 0.473. The Morgan fingerprint density at radius 2 is 2.23 bits per heavy atom. The molecule has 1 rings (SSSR count). The van der Waals surface area contributed by atoms with Crippen LogP contribution in [-0.4, -0.2) is 10.1 Å². The zero-order valence-electron chi connectivity index (χ0n) is 8.09. The molecule has 0 saturated carbocycles. The molecule has 0 spiro atoms. The molecular weight excluding hydrogens is 182 g/mol. The summed E-state index contributed by atoms with van der Waals surface area (Å²) in [7, 11) is 0. The monoisotopic (exact) mass is 195 g/mol. The van der Waals surface area contributed by atoms with Crippen molar-refractivity contribution >= 4 is 11.3 Å². The first-order valence-electron chi connectivity index (χ1n) is 4.16. The van der Waals surface area contributed by atoms with Crippen LogP contribution in [0.4, 0.5) is 0 Å². The van der Waals surface area contributed by atoms with Crippen LogP contribution in [-0.2, 0) is 0 Å². The van der Waals surface area contributed by atoms with Crippen molar-refractivity contribution < 1.29 is 5.11 Å². The molecule has 0 aliphatic rings. The van der Waals surface area contributed by atoms with Crippen molar-refractivity contribution in [3.63, 3.8) is 0 Å². The fraction of sp³-hybridized carbons (Fsp3) is 0.500. The quantitative estimate of drug-likeness (QED) is 0.734. The van der Waals surface area contributed by atoms with Gasteiger partial charge in [-0.15, -0.1) is 23.2 Å². The number of aryl methyl sites for hydroxylation is 2. The molecule has 0 fully saturated rings. The van der Waals surface area contributed by atoms with E-state index in [9.17, 15) is 5.11 Å². The summed E-state index contributed by atoms with van der Waals surface area (Å²) in [6.45, 7) is 5.64. The normalized spacial score (nSPS) is 12.0. The fourth-order valence-electron chi connectivity index (χ4n) is 1.15. The molecule has 0 radical (unpaired) electrons. The van der Waals surface area contributed by atoms with Gasteiger partial charge in [-0.05, 0) is 20.8 Å². The van der Waals surface area contributed by atoms with Crippen LogP contribution >= 0.6 is 11.3 Å². The summed E-state index contributed by atoms with van der Waals surface area (Å²) in [5.74, 6) is 5.63. The second kappa shape index (κ2) is 4.40. The molecular formula is C10H13NOS. The topological polar surface area (TPSA) is 33.1 Å². The molecule has 13 heavy (non-hydrogen) atoms. The van der Waals surface area contributed by atoms with Gasteiger partial charge in [-0.3, -0.25) is 0 Å². The third-order valence-corrected chi connectivity index (χ3v) is 2.89. The number of nitrogens with zero attached hydrogens (tertiary/aromatic N) is 1. The number of hydrogen-bond acceptors (Lipinski definition) is 3. The first-order valence-corrected chi connectivity index (χ1v) is 4.98. The lowest BCUT2D eigenvalue weighted by Crippen LogP contribution is -1.94. The highest BCUT2D eigenvalue weighted by molar-refractivity contribution is 7.11. The van der Waals surface area contributed by atoms with Crippen molar-refractivity contribution in [1.29, 1.82) is 0 Å². The first kappa shape index (κ1) is 10.2. The van der Waals surface area contributed by atoms with Gasteiger partial charge in [0.05, 0.1) is 15.6 Å². The lowest BCUT2D eigenvalue weighted by Gasteiger charge is -2.03. The van der Waals surface area contributed by atoms with Crippen LogP contribution in [0.25, 0.3) is 0 Å². The van der Waals surface area contributed by atoms with Crippen LogP contribution < -0.4 is 0 Å². The Morgan fingerprint density at radius 3 is 2.69 bits per heavy atom. The number of aliphatic hydroxyl groups is 1.